The standard InChI is InChI=1S/C17H25N3O5/c1-4-6-8-16(21)19-18-12-13-10-14(20(22)23)17(15(11-13)24-3)25-9-7-5-2/h10-12H,4-9H2,1-3H3,(H,19,21)/b18-12+. The highest BCUT2D eigenvalue weighted by atomic mass is 16.6. The summed E-state index contributed by atoms with van der Waals surface area (Å²) in [6.07, 6.45) is 5.13. The normalized spacial score (nSPS) is 10.7. The highest BCUT2D eigenvalue weighted by Crippen LogP contribution is 2.38. The number of hydrogen-bond donors (Lipinski definition) is 1. The molecule has 25 heavy (non-hydrogen) atoms. The molecule has 0 spiro atoms. The molecule has 0 aromatic heterocycles. The molecule has 0 aliphatic heterocycles. The molecule has 0 fully saturated rings. The van der Waals surface area contributed by atoms with Crippen molar-refractivity contribution >= 4 is 17.8 Å². The molecular weight excluding hydrogens is 326 g/mol. The first kappa shape index (κ1) is 20.4. The molecule has 0 radical (unpaired) electrons. The van der Waals surface area contributed by atoms with Gasteiger partial charge < -0.3 is 9.47 Å². The van der Waals surface area contributed by atoms with E-state index in [1.54, 1.807) is 6.07 Å². The molecule has 1 aromatic rings. The average molecular weight is 351 g/mol. The van der Waals surface area contributed by atoms with Gasteiger partial charge in [-0.05, 0) is 18.9 Å². The Hall–Kier alpha value is -2.64. The lowest BCUT2D eigenvalue weighted by molar-refractivity contribution is -0.386. The fourth-order valence-corrected chi connectivity index (χ4v) is 2.01. The highest BCUT2D eigenvalue weighted by Gasteiger charge is 2.22. The molecule has 8 heteroatoms. The quantitative estimate of drug-likeness (QED) is 0.285. The summed E-state index contributed by atoms with van der Waals surface area (Å²) in [7, 11) is 1.42. The lowest BCUT2D eigenvalue weighted by atomic mass is 10.2. The van der Waals surface area contributed by atoms with Gasteiger partial charge in [0.25, 0.3) is 0 Å². The second-order valence-electron chi connectivity index (χ2n) is 5.43. The molecule has 0 unspecified atom stereocenters. The summed E-state index contributed by atoms with van der Waals surface area (Å²) in [5.41, 5.74) is 2.63. The minimum absolute atomic E-state index is 0.102. The van der Waals surface area contributed by atoms with Gasteiger partial charge in [-0.25, -0.2) is 5.43 Å². The van der Waals surface area contributed by atoms with Crippen LogP contribution in [-0.2, 0) is 4.79 Å². The van der Waals surface area contributed by atoms with Crippen LogP contribution in [-0.4, -0.2) is 30.8 Å². The predicted octanol–water partition coefficient (Wildman–Crippen LogP) is 3.42. The highest BCUT2D eigenvalue weighted by molar-refractivity contribution is 5.85. The number of nitrogens with zero attached hydrogens (tertiary/aromatic N) is 2. The number of ether oxygens (including phenoxy) is 2. The molecule has 0 bridgehead atoms. The SMILES string of the molecule is CCCCOc1c(OC)cc(/C=N/NC(=O)CCCC)cc1[N+](=O)[O-]. The Labute approximate surface area is 147 Å². The number of unbranched alkanes of at least 4 members (excludes halogenated alkanes) is 2. The number of amides is 1. The first-order valence-corrected chi connectivity index (χ1v) is 8.34. The van der Waals surface area contributed by atoms with Crippen LogP contribution in [0.1, 0.15) is 51.5 Å². The molecule has 1 N–H and O–H groups in total. The van der Waals surface area contributed by atoms with Gasteiger partial charge in [-0.3, -0.25) is 14.9 Å². The molecule has 0 saturated carbocycles. The van der Waals surface area contributed by atoms with E-state index >= 15 is 0 Å². The Morgan fingerprint density at radius 3 is 2.64 bits per heavy atom. The molecule has 0 heterocycles. The van der Waals surface area contributed by atoms with Gasteiger partial charge in [-0.2, -0.15) is 5.10 Å². The number of methoxy groups -OCH3 is 1. The predicted molar refractivity (Wildman–Crippen MR) is 95.3 cm³/mol. The fraction of sp³-hybridized carbons (Fsp3) is 0.529. The fourth-order valence-electron chi connectivity index (χ4n) is 2.01. The summed E-state index contributed by atoms with van der Waals surface area (Å²) in [5.74, 6) is 0.160. The number of carbonyl (C=O) groups is 1. The Morgan fingerprint density at radius 1 is 1.32 bits per heavy atom. The zero-order valence-corrected chi connectivity index (χ0v) is 14.9. The third-order valence-electron chi connectivity index (χ3n) is 3.38. The molecule has 1 aromatic carbocycles. The van der Waals surface area contributed by atoms with Crippen LogP contribution >= 0.6 is 0 Å². The van der Waals surface area contributed by atoms with Crippen molar-refractivity contribution in [1.29, 1.82) is 0 Å². The third kappa shape index (κ3) is 6.78. The molecule has 8 nitrogen and oxygen atoms in total. The lowest BCUT2D eigenvalue weighted by Gasteiger charge is -2.11. The van der Waals surface area contributed by atoms with E-state index in [2.05, 4.69) is 10.5 Å². The van der Waals surface area contributed by atoms with Crippen LogP contribution in [0, 0.1) is 10.1 Å². The van der Waals surface area contributed by atoms with Crippen LogP contribution in [0.2, 0.25) is 0 Å². The van der Waals surface area contributed by atoms with Crippen molar-refractivity contribution in [2.45, 2.75) is 46.0 Å². The van der Waals surface area contributed by atoms with Gasteiger partial charge in [0.15, 0.2) is 5.75 Å². The van der Waals surface area contributed by atoms with Gasteiger partial charge in [0, 0.05) is 18.1 Å². The topological polar surface area (TPSA) is 103 Å². The van der Waals surface area contributed by atoms with Crippen molar-refractivity contribution in [1.82, 2.24) is 5.43 Å². The van der Waals surface area contributed by atoms with E-state index in [0.29, 0.717) is 18.6 Å². The third-order valence-corrected chi connectivity index (χ3v) is 3.38. The zero-order chi connectivity index (χ0) is 18.7. The van der Waals surface area contributed by atoms with Crippen LogP contribution in [0.5, 0.6) is 11.5 Å². The van der Waals surface area contributed by atoms with Gasteiger partial charge in [0.2, 0.25) is 11.7 Å². The van der Waals surface area contributed by atoms with E-state index in [9.17, 15) is 14.9 Å². The van der Waals surface area contributed by atoms with E-state index in [0.717, 1.165) is 25.7 Å². The van der Waals surface area contributed by atoms with Gasteiger partial charge in [0.05, 0.1) is 24.9 Å². The van der Waals surface area contributed by atoms with Gasteiger partial charge in [-0.15, -0.1) is 0 Å². The van der Waals surface area contributed by atoms with Crippen molar-refractivity contribution < 1.29 is 19.2 Å². The van der Waals surface area contributed by atoms with E-state index in [1.807, 2.05) is 13.8 Å². The summed E-state index contributed by atoms with van der Waals surface area (Å²) in [4.78, 5) is 22.3. The molecule has 0 atom stereocenters. The molecule has 0 aliphatic rings. The maximum atomic E-state index is 11.5. The first-order chi connectivity index (χ1) is 12.0. The molecule has 1 rings (SSSR count). The van der Waals surface area contributed by atoms with Crippen molar-refractivity contribution in [2.24, 2.45) is 5.10 Å². The number of hydrazone groups is 1. The van der Waals surface area contributed by atoms with E-state index in [-0.39, 0.29) is 23.1 Å². The Morgan fingerprint density at radius 2 is 2.04 bits per heavy atom. The maximum Gasteiger partial charge on any atom is 0.315 e. The Kier molecular flexibility index (Phi) is 8.99. The van der Waals surface area contributed by atoms with Crippen molar-refractivity contribution in [3.63, 3.8) is 0 Å². The number of nitrogens with one attached hydrogen (secondary N) is 1. The smallest absolute Gasteiger partial charge is 0.315 e. The van der Waals surface area contributed by atoms with Gasteiger partial charge in [0.1, 0.15) is 0 Å². The first-order valence-electron chi connectivity index (χ1n) is 8.34. The van der Waals surface area contributed by atoms with Crippen LogP contribution in [0.25, 0.3) is 0 Å². The maximum absolute atomic E-state index is 11.5. The number of rotatable bonds is 11. The number of nitro groups is 1. The van der Waals surface area contributed by atoms with Crippen LogP contribution < -0.4 is 14.9 Å². The second kappa shape index (κ2) is 11.0. The van der Waals surface area contributed by atoms with Crippen LogP contribution in [0.4, 0.5) is 5.69 Å². The van der Waals surface area contributed by atoms with Gasteiger partial charge in [-0.1, -0.05) is 26.7 Å². The zero-order valence-electron chi connectivity index (χ0n) is 14.9. The summed E-state index contributed by atoms with van der Waals surface area (Å²) < 4.78 is 10.7. The summed E-state index contributed by atoms with van der Waals surface area (Å²) >= 11 is 0. The van der Waals surface area contributed by atoms with E-state index < -0.39 is 4.92 Å². The second-order valence-corrected chi connectivity index (χ2v) is 5.43. The number of nitro benzene ring substituents is 1. The molecular formula is C17H25N3O5. The Balaban J connectivity index is 2.96. The van der Waals surface area contributed by atoms with E-state index in [1.165, 1.54) is 19.4 Å². The molecule has 0 aliphatic carbocycles. The number of hydrogen-bond acceptors (Lipinski definition) is 6. The van der Waals surface area contributed by atoms with Crippen LogP contribution in [0.3, 0.4) is 0 Å². The largest absolute Gasteiger partial charge is 0.493 e. The average Bonchev–Trinajstić information content (AvgIpc) is 2.60. The molecule has 0 saturated heterocycles. The van der Waals surface area contributed by atoms with Crippen molar-refractivity contribution in [3.05, 3.63) is 27.8 Å². The molecule has 138 valence electrons. The lowest BCUT2D eigenvalue weighted by Crippen LogP contribution is -2.16. The molecule has 1 amide bonds. The minimum Gasteiger partial charge on any atom is -0.493 e. The van der Waals surface area contributed by atoms with Gasteiger partial charge >= 0.3 is 5.69 Å². The Bertz CT molecular complexity index is 617. The van der Waals surface area contributed by atoms with E-state index in [4.69, 9.17) is 9.47 Å². The monoisotopic (exact) mass is 351 g/mol. The minimum atomic E-state index is -0.527. The summed E-state index contributed by atoms with van der Waals surface area (Å²) in [6, 6.07) is 2.92. The summed E-state index contributed by atoms with van der Waals surface area (Å²) in [5, 5.41) is 15.2. The number of carbonyl (C=O) groups excluding carboxylic acids is 1. The summed E-state index contributed by atoms with van der Waals surface area (Å²) in [6.45, 7) is 4.37. The number of benzene rings is 1. The van der Waals surface area contributed by atoms with Crippen LogP contribution in [0.15, 0.2) is 17.2 Å². The van der Waals surface area contributed by atoms with Crippen molar-refractivity contribution in [2.75, 3.05) is 13.7 Å². The van der Waals surface area contributed by atoms with Crippen molar-refractivity contribution in [3.8, 4) is 11.5 Å².